The summed E-state index contributed by atoms with van der Waals surface area (Å²) in [5.74, 6) is 0. The lowest BCUT2D eigenvalue weighted by Crippen LogP contribution is -1.84. The zero-order chi connectivity index (χ0) is 14.2. The highest BCUT2D eigenvalue weighted by Gasteiger charge is 2.08. The van der Waals surface area contributed by atoms with Crippen LogP contribution in [0.25, 0.3) is 32.7 Å². The van der Waals surface area contributed by atoms with Crippen molar-refractivity contribution in [3.8, 4) is 11.1 Å². The average Bonchev–Trinajstić information content (AvgIpc) is 2.54. The molecule has 0 saturated carbocycles. The van der Waals surface area contributed by atoms with Crippen molar-refractivity contribution in [2.24, 2.45) is 0 Å². The molecule has 4 aromatic carbocycles. The third kappa shape index (κ3) is 2.09. The van der Waals surface area contributed by atoms with Crippen molar-refractivity contribution in [3.63, 3.8) is 0 Å². The summed E-state index contributed by atoms with van der Waals surface area (Å²) in [6.07, 6.45) is 0. The van der Waals surface area contributed by atoms with Crippen LogP contribution in [0.1, 0.15) is 0 Å². The second-order valence-corrected chi connectivity index (χ2v) is 5.64. The molecule has 0 aliphatic carbocycles. The summed E-state index contributed by atoms with van der Waals surface area (Å²) in [6.45, 7) is 0. The van der Waals surface area contributed by atoms with Gasteiger partial charge >= 0.3 is 0 Å². The number of hydrogen-bond acceptors (Lipinski definition) is 0. The van der Waals surface area contributed by atoms with Crippen LogP contribution in [0.4, 0.5) is 0 Å². The first-order valence-electron chi connectivity index (χ1n) is 6.99. The van der Waals surface area contributed by atoms with Gasteiger partial charge in [0.25, 0.3) is 0 Å². The van der Waals surface area contributed by atoms with Gasteiger partial charge in [-0.2, -0.15) is 0 Å². The SMILES string of the molecule is Clc1ccc2c(c1)c(-c1ccccc1)cc1ccccc12. The molecule has 0 aromatic heterocycles. The lowest BCUT2D eigenvalue weighted by Gasteiger charge is -2.11. The second-order valence-electron chi connectivity index (χ2n) is 5.20. The van der Waals surface area contributed by atoms with E-state index in [1.54, 1.807) is 0 Å². The maximum absolute atomic E-state index is 6.23. The molecule has 1 heteroatoms. The zero-order valence-electron chi connectivity index (χ0n) is 11.4. The van der Waals surface area contributed by atoms with Crippen molar-refractivity contribution in [1.29, 1.82) is 0 Å². The molecule has 0 aliphatic heterocycles. The third-order valence-corrected chi connectivity index (χ3v) is 4.14. The molecule has 0 N–H and O–H groups in total. The molecule has 0 atom stereocenters. The van der Waals surface area contributed by atoms with E-state index in [9.17, 15) is 0 Å². The lowest BCUT2D eigenvalue weighted by atomic mass is 9.93. The van der Waals surface area contributed by atoms with Gasteiger partial charge in [0.2, 0.25) is 0 Å². The van der Waals surface area contributed by atoms with Crippen LogP contribution in [0.15, 0.2) is 78.9 Å². The van der Waals surface area contributed by atoms with E-state index in [0.29, 0.717) is 0 Å². The van der Waals surface area contributed by atoms with Crippen LogP contribution >= 0.6 is 11.6 Å². The Hall–Kier alpha value is -2.31. The molecule has 4 rings (SSSR count). The molecule has 100 valence electrons. The Kier molecular flexibility index (Phi) is 2.90. The largest absolute Gasteiger partial charge is 0.0843 e. The van der Waals surface area contributed by atoms with Gasteiger partial charge < -0.3 is 0 Å². The van der Waals surface area contributed by atoms with Crippen molar-refractivity contribution < 1.29 is 0 Å². The molecule has 0 fully saturated rings. The Morgan fingerprint density at radius 3 is 2.19 bits per heavy atom. The van der Waals surface area contributed by atoms with Gasteiger partial charge in [0.1, 0.15) is 0 Å². The molecular formula is C20H13Cl. The molecule has 0 spiro atoms. The Balaban J connectivity index is 2.20. The first-order chi connectivity index (χ1) is 10.3. The summed E-state index contributed by atoms with van der Waals surface area (Å²) in [6, 6.07) is 27.4. The molecule has 4 aromatic rings. The van der Waals surface area contributed by atoms with E-state index in [1.165, 1.54) is 32.7 Å². The molecule has 0 saturated heterocycles. The van der Waals surface area contributed by atoms with Gasteiger partial charge in [-0.1, -0.05) is 72.3 Å². The van der Waals surface area contributed by atoms with Crippen molar-refractivity contribution in [2.45, 2.75) is 0 Å². The molecule has 0 radical (unpaired) electrons. The zero-order valence-corrected chi connectivity index (χ0v) is 12.1. The highest BCUT2D eigenvalue weighted by atomic mass is 35.5. The van der Waals surface area contributed by atoms with E-state index in [2.05, 4.69) is 66.7 Å². The number of rotatable bonds is 1. The molecule has 0 amide bonds. The standard InChI is InChI=1S/C20H13Cl/c21-16-10-11-18-17-9-5-4-8-15(17)12-19(20(18)13-16)14-6-2-1-3-7-14/h1-13H. The smallest absolute Gasteiger partial charge is 0.0412 e. The molecular weight excluding hydrogens is 276 g/mol. The predicted octanol–water partition coefficient (Wildman–Crippen LogP) is 6.31. The molecule has 0 bridgehead atoms. The van der Waals surface area contributed by atoms with Crippen LogP contribution in [0, 0.1) is 0 Å². The van der Waals surface area contributed by atoms with Crippen LogP contribution < -0.4 is 0 Å². The number of benzene rings is 4. The first kappa shape index (κ1) is 12.4. The van der Waals surface area contributed by atoms with Crippen molar-refractivity contribution in [1.82, 2.24) is 0 Å². The second kappa shape index (κ2) is 4.91. The van der Waals surface area contributed by atoms with E-state index in [4.69, 9.17) is 11.6 Å². The van der Waals surface area contributed by atoms with E-state index < -0.39 is 0 Å². The lowest BCUT2D eigenvalue weighted by molar-refractivity contribution is 1.66. The highest BCUT2D eigenvalue weighted by Crippen LogP contribution is 2.36. The Bertz CT molecular complexity index is 940. The monoisotopic (exact) mass is 288 g/mol. The Labute approximate surface area is 128 Å². The summed E-state index contributed by atoms with van der Waals surface area (Å²) in [5, 5.41) is 5.74. The summed E-state index contributed by atoms with van der Waals surface area (Å²) < 4.78 is 0. The van der Waals surface area contributed by atoms with E-state index in [-0.39, 0.29) is 0 Å². The normalized spacial score (nSPS) is 11.1. The minimum atomic E-state index is 0.773. The predicted molar refractivity (Wildman–Crippen MR) is 91.9 cm³/mol. The Morgan fingerprint density at radius 2 is 1.33 bits per heavy atom. The molecule has 0 unspecified atom stereocenters. The van der Waals surface area contributed by atoms with Crippen LogP contribution in [-0.4, -0.2) is 0 Å². The summed E-state index contributed by atoms with van der Waals surface area (Å²) in [7, 11) is 0. The fourth-order valence-corrected chi connectivity index (χ4v) is 3.10. The highest BCUT2D eigenvalue weighted by molar-refractivity contribution is 6.32. The maximum atomic E-state index is 6.23. The molecule has 0 aliphatic rings. The topological polar surface area (TPSA) is 0 Å². The number of hydrogen-bond donors (Lipinski definition) is 0. The minimum absolute atomic E-state index is 0.773. The van der Waals surface area contributed by atoms with Gasteiger partial charge in [-0.25, -0.2) is 0 Å². The van der Waals surface area contributed by atoms with Gasteiger partial charge in [-0.05, 0) is 50.9 Å². The molecule has 0 nitrogen and oxygen atoms in total. The van der Waals surface area contributed by atoms with Gasteiger partial charge in [0, 0.05) is 5.02 Å². The summed E-state index contributed by atoms with van der Waals surface area (Å²) in [5.41, 5.74) is 2.45. The minimum Gasteiger partial charge on any atom is -0.0843 e. The van der Waals surface area contributed by atoms with Gasteiger partial charge in [-0.15, -0.1) is 0 Å². The average molecular weight is 289 g/mol. The van der Waals surface area contributed by atoms with Gasteiger partial charge in [0.15, 0.2) is 0 Å². The van der Waals surface area contributed by atoms with Crippen molar-refractivity contribution >= 4 is 33.1 Å². The van der Waals surface area contributed by atoms with Crippen molar-refractivity contribution in [2.75, 3.05) is 0 Å². The number of halogens is 1. The molecule has 0 heterocycles. The molecule has 21 heavy (non-hydrogen) atoms. The van der Waals surface area contributed by atoms with E-state index in [1.807, 2.05) is 12.1 Å². The van der Waals surface area contributed by atoms with Crippen LogP contribution in [0.3, 0.4) is 0 Å². The maximum Gasteiger partial charge on any atom is 0.0412 e. The number of fused-ring (bicyclic) bond motifs is 3. The summed E-state index contributed by atoms with van der Waals surface area (Å²) >= 11 is 6.23. The van der Waals surface area contributed by atoms with Crippen molar-refractivity contribution in [3.05, 3.63) is 83.9 Å². The van der Waals surface area contributed by atoms with Crippen LogP contribution in [0.5, 0.6) is 0 Å². The Morgan fingerprint density at radius 1 is 0.571 bits per heavy atom. The third-order valence-electron chi connectivity index (χ3n) is 3.91. The fourth-order valence-electron chi connectivity index (χ4n) is 2.93. The van der Waals surface area contributed by atoms with Crippen LogP contribution in [-0.2, 0) is 0 Å². The van der Waals surface area contributed by atoms with Crippen LogP contribution in [0.2, 0.25) is 5.02 Å². The van der Waals surface area contributed by atoms with Gasteiger partial charge in [0.05, 0.1) is 0 Å². The summed E-state index contributed by atoms with van der Waals surface area (Å²) in [4.78, 5) is 0. The quantitative estimate of drug-likeness (QED) is 0.360. The van der Waals surface area contributed by atoms with E-state index >= 15 is 0 Å². The first-order valence-corrected chi connectivity index (χ1v) is 7.37. The van der Waals surface area contributed by atoms with E-state index in [0.717, 1.165) is 5.02 Å². The fraction of sp³-hybridized carbons (Fsp3) is 0. The van der Waals surface area contributed by atoms with Gasteiger partial charge in [-0.3, -0.25) is 0 Å².